The smallest absolute Gasteiger partial charge is 0.355 e. The van der Waals surface area contributed by atoms with E-state index in [4.69, 9.17) is 16.3 Å². The first-order valence-electron chi connectivity index (χ1n) is 9.76. The molecule has 186 valence electrons. The van der Waals surface area contributed by atoms with Crippen molar-refractivity contribution in [2.45, 2.75) is 9.79 Å². The molecule has 0 aromatic heterocycles. The molecule has 0 saturated heterocycles. The van der Waals surface area contributed by atoms with Gasteiger partial charge in [0.25, 0.3) is 4.24 Å². The summed E-state index contributed by atoms with van der Waals surface area (Å²) in [5, 5.41) is 21.0. The van der Waals surface area contributed by atoms with Gasteiger partial charge in [-0.3, -0.25) is 0 Å². The Morgan fingerprint density at radius 2 is 1.69 bits per heavy atom. The molecule has 3 N–H and O–H groups in total. The van der Waals surface area contributed by atoms with E-state index in [0.29, 0.717) is 9.27 Å². The molecule has 2 aromatic carbocycles. The molecule has 0 bridgehead atoms. The lowest BCUT2D eigenvalue weighted by Crippen LogP contribution is -2.07. The minimum atomic E-state index is -0.620. The van der Waals surface area contributed by atoms with Crippen LogP contribution in [0.5, 0.6) is 0 Å². The van der Waals surface area contributed by atoms with Gasteiger partial charge in [-0.15, -0.1) is 12.6 Å². The van der Waals surface area contributed by atoms with Gasteiger partial charge in [-0.05, 0) is 30.5 Å². The number of fused-ring (bicyclic) bond motifs is 1. The predicted octanol–water partition coefficient (Wildman–Crippen LogP) is 4.44. The van der Waals surface area contributed by atoms with Gasteiger partial charge in [-0.1, -0.05) is 47.8 Å². The van der Waals surface area contributed by atoms with Crippen LogP contribution in [0.15, 0.2) is 78.7 Å². The molecule has 0 fully saturated rings. The van der Waals surface area contributed by atoms with Crippen LogP contribution >= 0.6 is 36.2 Å². The summed E-state index contributed by atoms with van der Waals surface area (Å²) in [4.78, 5) is 24.1. The maximum Gasteiger partial charge on any atom is 0.355 e. The first-order chi connectivity index (χ1) is 17.3. The summed E-state index contributed by atoms with van der Waals surface area (Å²) in [6, 6.07) is 18.7. The fourth-order valence-electron chi connectivity index (χ4n) is 2.32. The SMILES string of the molecule is C=[S+]/C(SC)=C(\C#N)C(=O)OC.COC(=O)/C(C#N)=C1/Nc2ccccc2S1.Nc1ccccc1S. The molecule has 0 saturated carbocycles. The number of anilines is 2. The lowest BCUT2D eigenvalue weighted by Gasteiger charge is -2.01. The van der Waals surface area contributed by atoms with Crippen molar-refractivity contribution in [3.8, 4) is 12.1 Å². The van der Waals surface area contributed by atoms with Crippen LogP contribution in [0.1, 0.15) is 0 Å². The lowest BCUT2D eigenvalue weighted by atomic mass is 10.3. The monoisotopic (exact) mass is 559 g/mol. The zero-order valence-electron chi connectivity index (χ0n) is 19.6. The maximum atomic E-state index is 11.3. The molecule has 3 rings (SSSR count). The van der Waals surface area contributed by atoms with Gasteiger partial charge < -0.3 is 20.5 Å². The van der Waals surface area contributed by atoms with Gasteiger partial charge in [0.1, 0.15) is 17.2 Å². The van der Waals surface area contributed by atoms with Crippen LogP contribution in [0.4, 0.5) is 11.4 Å². The number of nitrogen functional groups attached to an aromatic ring is 1. The van der Waals surface area contributed by atoms with Gasteiger partial charge in [-0.2, -0.15) is 10.5 Å². The molecule has 1 heterocycles. The Labute approximate surface area is 227 Å². The van der Waals surface area contributed by atoms with Crippen molar-refractivity contribution in [1.29, 1.82) is 10.5 Å². The second kappa shape index (κ2) is 16.3. The van der Waals surface area contributed by atoms with Crippen molar-refractivity contribution in [2.24, 2.45) is 0 Å². The summed E-state index contributed by atoms with van der Waals surface area (Å²) in [5.74, 6) is 2.29. The highest BCUT2D eigenvalue weighted by molar-refractivity contribution is 8.13. The second-order valence-corrected chi connectivity index (χ2v) is 9.51. The summed E-state index contributed by atoms with van der Waals surface area (Å²) in [7, 11) is 2.50. The van der Waals surface area contributed by atoms with Gasteiger partial charge in [0.05, 0.1) is 19.9 Å². The fourth-order valence-corrected chi connectivity index (χ4v) is 4.54. The predicted molar refractivity (Wildman–Crippen MR) is 151 cm³/mol. The van der Waals surface area contributed by atoms with E-state index < -0.39 is 11.9 Å². The van der Waals surface area contributed by atoms with E-state index in [9.17, 15) is 9.59 Å². The van der Waals surface area contributed by atoms with Crippen molar-refractivity contribution in [2.75, 3.05) is 31.5 Å². The van der Waals surface area contributed by atoms with E-state index in [2.05, 4.69) is 33.3 Å². The largest absolute Gasteiger partial charge is 0.465 e. The van der Waals surface area contributed by atoms with Crippen molar-refractivity contribution >= 4 is 76.7 Å². The minimum Gasteiger partial charge on any atom is -0.465 e. The summed E-state index contributed by atoms with van der Waals surface area (Å²) in [5.41, 5.74) is 7.10. The Hall–Kier alpha value is -3.42. The summed E-state index contributed by atoms with van der Waals surface area (Å²) >= 11 is 7.85. The summed E-state index contributed by atoms with van der Waals surface area (Å²) in [6.07, 6.45) is 1.77. The number of methoxy groups -OCH3 is 2. The number of nitriles is 2. The number of para-hydroxylation sites is 2. The molecule has 0 unspecified atom stereocenters. The van der Waals surface area contributed by atoms with E-state index in [1.807, 2.05) is 54.6 Å². The Kier molecular flexibility index (Phi) is 13.8. The number of benzene rings is 2. The average Bonchev–Trinajstić information content (AvgIpc) is 3.33. The van der Waals surface area contributed by atoms with Gasteiger partial charge in [0.2, 0.25) is 16.9 Å². The second-order valence-electron chi connectivity index (χ2n) is 6.20. The number of hydrogen-bond acceptors (Lipinski definition) is 11. The Balaban J connectivity index is 0.000000287. The maximum absolute atomic E-state index is 11.3. The zero-order chi connectivity index (χ0) is 27.1. The molecule has 36 heavy (non-hydrogen) atoms. The molecule has 0 amide bonds. The molecular formula is C24H23N4O4S4+. The average molecular weight is 560 g/mol. The van der Waals surface area contributed by atoms with Crippen LogP contribution in [-0.4, -0.2) is 38.3 Å². The number of esters is 2. The molecule has 0 aliphatic carbocycles. The lowest BCUT2D eigenvalue weighted by molar-refractivity contribution is -0.136. The van der Waals surface area contributed by atoms with E-state index in [1.165, 1.54) is 37.7 Å². The van der Waals surface area contributed by atoms with Crippen molar-refractivity contribution in [3.05, 3.63) is 68.9 Å². The van der Waals surface area contributed by atoms with Crippen LogP contribution < -0.4 is 11.1 Å². The molecule has 0 atom stereocenters. The number of hydrogen-bond donors (Lipinski definition) is 3. The Bertz CT molecular complexity index is 1220. The van der Waals surface area contributed by atoms with E-state index >= 15 is 0 Å². The standard InChI is InChI=1S/C11H8N2O2S.C7H8NO2S2.C6H7NS/c1-15-11(14)7(6-12)10-13-8-4-2-3-5-9(8)16-10;1-10-6(9)5(4-8)7(11-2)12-3;7-5-3-1-2-4-6(5)8/h2-5,13H,1H3;2H2,1,3H3;1-4,8H,7H2/q;+1;/b10-7-;7-5-;. The zero-order valence-corrected chi connectivity index (χ0v) is 22.9. The number of rotatable bonds is 4. The number of carbonyl (C=O) groups is 2. The third-order valence-corrected chi connectivity index (χ3v) is 7.42. The molecule has 1 aliphatic heterocycles. The highest BCUT2D eigenvalue weighted by Gasteiger charge is 2.23. The fraction of sp³-hybridized carbons (Fsp3) is 0.125. The third-order valence-electron chi connectivity index (χ3n) is 4.03. The van der Waals surface area contributed by atoms with Gasteiger partial charge >= 0.3 is 11.9 Å². The van der Waals surface area contributed by atoms with Crippen LogP contribution in [-0.2, 0) is 30.4 Å². The molecule has 0 spiro atoms. The highest BCUT2D eigenvalue weighted by Crippen LogP contribution is 2.41. The number of thioether (sulfide) groups is 2. The molecule has 12 heteroatoms. The van der Waals surface area contributed by atoms with E-state index in [0.717, 1.165) is 32.5 Å². The first kappa shape index (κ1) is 30.6. The number of nitrogens with zero attached hydrogens (tertiary/aromatic N) is 2. The van der Waals surface area contributed by atoms with Crippen LogP contribution in [0.2, 0.25) is 0 Å². The van der Waals surface area contributed by atoms with Crippen LogP contribution in [0.3, 0.4) is 0 Å². The molecular weight excluding hydrogens is 537 g/mol. The summed E-state index contributed by atoms with van der Waals surface area (Å²) < 4.78 is 9.53. The number of ether oxygens (including phenoxy) is 2. The van der Waals surface area contributed by atoms with Crippen LogP contribution in [0, 0.1) is 22.7 Å². The van der Waals surface area contributed by atoms with Gasteiger partial charge in [-0.25, -0.2) is 9.59 Å². The van der Waals surface area contributed by atoms with E-state index in [1.54, 1.807) is 12.3 Å². The molecule has 2 aromatic rings. The van der Waals surface area contributed by atoms with Gasteiger partial charge in [0, 0.05) is 15.5 Å². The molecule has 1 aliphatic rings. The minimum absolute atomic E-state index is 0.00343. The Morgan fingerprint density at radius 1 is 1.08 bits per heavy atom. The number of thiol groups is 1. The van der Waals surface area contributed by atoms with Gasteiger partial charge in [0.15, 0.2) is 11.4 Å². The molecule has 8 nitrogen and oxygen atoms in total. The third kappa shape index (κ3) is 8.98. The van der Waals surface area contributed by atoms with Crippen molar-refractivity contribution in [3.63, 3.8) is 0 Å². The van der Waals surface area contributed by atoms with Crippen molar-refractivity contribution in [1.82, 2.24) is 0 Å². The molecule has 0 radical (unpaired) electrons. The topological polar surface area (TPSA) is 138 Å². The quantitative estimate of drug-likeness (QED) is 0.0937. The number of nitrogens with two attached hydrogens (primary N) is 1. The number of nitrogens with one attached hydrogen (secondary N) is 1. The van der Waals surface area contributed by atoms with Crippen molar-refractivity contribution < 1.29 is 19.1 Å². The normalized spacial score (nSPS) is 12.7. The van der Waals surface area contributed by atoms with E-state index in [-0.39, 0.29) is 11.1 Å². The Morgan fingerprint density at radius 3 is 2.14 bits per heavy atom. The van der Waals surface area contributed by atoms with Crippen LogP contribution in [0.25, 0.3) is 0 Å². The highest BCUT2D eigenvalue weighted by atomic mass is 32.2. The number of carbonyl (C=O) groups excluding carboxylic acids is 2. The first-order valence-corrected chi connectivity index (χ1v) is 13.2. The summed E-state index contributed by atoms with van der Waals surface area (Å²) in [6.45, 7) is 0.